The molecule has 0 radical (unpaired) electrons. The SMILES string of the molecule is CCOCCN1CCN(Cc2cccc(N)c2)CC1. The van der Waals surface area contributed by atoms with Gasteiger partial charge in [0.2, 0.25) is 0 Å². The van der Waals surface area contributed by atoms with Crippen LogP contribution in [0.5, 0.6) is 0 Å². The molecule has 0 spiro atoms. The lowest BCUT2D eigenvalue weighted by Gasteiger charge is -2.34. The third-order valence-corrected chi connectivity index (χ3v) is 3.58. The Kier molecular flexibility index (Phi) is 5.63. The first-order chi connectivity index (χ1) is 9.28. The standard InChI is InChI=1S/C15H25N3O/c1-2-19-11-10-17-6-8-18(9-7-17)13-14-4-3-5-15(16)12-14/h3-5,12H,2,6-11,13,16H2,1H3. The summed E-state index contributed by atoms with van der Waals surface area (Å²) < 4.78 is 5.40. The van der Waals surface area contributed by atoms with Crippen LogP contribution in [0.15, 0.2) is 24.3 Å². The van der Waals surface area contributed by atoms with Gasteiger partial charge < -0.3 is 10.5 Å². The zero-order chi connectivity index (χ0) is 13.5. The van der Waals surface area contributed by atoms with Gasteiger partial charge in [-0.1, -0.05) is 12.1 Å². The lowest BCUT2D eigenvalue weighted by atomic mass is 10.2. The van der Waals surface area contributed by atoms with Crippen LogP contribution in [0.2, 0.25) is 0 Å². The van der Waals surface area contributed by atoms with E-state index in [1.54, 1.807) is 0 Å². The van der Waals surface area contributed by atoms with E-state index in [2.05, 4.69) is 21.9 Å². The van der Waals surface area contributed by atoms with Crippen molar-refractivity contribution in [3.63, 3.8) is 0 Å². The maximum atomic E-state index is 5.81. The van der Waals surface area contributed by atoms with E-state index in [1.807, 2.05) is 19.1 Å². The number of hydrogen-bond acceptors (Lipinski definition) is 4. The third kappa shape index (κ3) is 4.82. The molecular formula is C15H25N3O. The molecule has 0 aromatic heterocycles. The summed E-state index contributed by atoms with van der Waals surface area (Å²) in [6, 6.07) is 8.19. The van der Waals surface area contributed by atoms with Gasteiger partial charge in [-0.2, -0.15) is 0 Å². The minimum Gasteiger partial charge on any atom is -0.399 e. The molecule has 0 saturated carbocycles. The number of hydrogen-bond donors (Lipinski definition) is 1. The molecule has 2 rings (SSSR count). The first-order valence-corrected chi connectivity index (χ1v) is 7.15. The van der Waals surface area contributed by atoms with Crippen LogP contribution in [-0.4, -0.2) is 55.7 Å². The molecule has 2 N–H and O–H groups in total. The molecule has 0 amide bonds. The van der Waals surface area contributed by atoms with Crippen molar-refractivity contribution in [2.75, 3.05) is 51.7 Å². The summed E-state index contributed by atoms with van der Waals surface area (Å²) in [6.07, 6.45) is 0. The molecule has 0 aliphatic carbocycles. The van der Waals surface area contributed by atoms with E-state index in [4.69, 9.17) is 10.5 Å². The van der Waals surface area contributed by atoms with Gasteiger partial charge >= 0.3 is 0 Å². The lowest BCUT2D eigenvalue weighted by Crippen LogP contribution is -2.46. The van der Waals surface area contributed by atoms with Crippen molar-refractivity contribution in [2.24, 2.45) is 0 Å². The van der Waals surface area contributed by atoms with E-state index in [9.17, 15) is 0 Å². The van der Waals surface area contributed by atoms with E-state index in [1.165, 1.54) is 5.56 Å². The van der Waals surface area contributed by atoms with Gasteiger partial charge in [0, 0.05) is 51.6 Å². The monoisotopic (exact) mass is 263 g/mol. The number of benzene rings is 1. The summed E-state index contributed by atoms with van der Waals surface area (Å²) in [5.74, 6) is 0. The topological polar surface area (TPSA) is 41.7 Å². The van der Waals surface area contributed by atoms with Crippen molar-refractivity contribution in [2.45, 2.75) is 13.5 Å². The minimum atomic E-state index is 0.815. The average molecular weight is 263 g/mol. The van der Waals surface area contributed by atoms with Gasteiger partial charge in [-0.25, -0.2) is 0 Å². The molecule has 1 aliphatic heterocycles. The number of nitrogens with two attached hydrogens (primary N) is 1. The Labute approximate surface area is 116 Å². The molecule has 0 unspecified atom stereocenters. The van der Waals surface area contributed by atoms with Crippen molar-refractivity contribution in [3.8, 4) is 0 Å². The second kappa shape index (κ2) is 7.48. The number of piperazine rings is 1. The van der Waals surface area contributed by atoms with Gasteiger partial charge in [0.05, 0.1) is 6.61 Å². The van der Waals surface area contributed by atoms with Crippen LogP contribution in [-0.2, 0) is 11.3 Å². The van der Waals surface area contributed by atoms with E-state index in [-0.39, 0.29) is 0 Å². The quantitative estimate of drug-likeness (QED) is 0.622. The third-order valence-electron chi connectivity index (χ3n) is 3.58. The van der Waals surface area contributed by atoms with Gasteiger partial charge in [-0.05, 0) is 24.6 Å². The Balaban J connectivity index is 1.71. The summed E-state index contributed by atoms with van der Waals surface area (Å²) in [5, 5.41) is 0. The van der Waals surface area contributed by atoms with Crippen LogP contribution < -0.4 is 5.73 Å². The van der Waals surface area contributed by atoms with Crippen LogP contribution in [0, 0.1) is 0 Å². The van der Waals surface area contributed by atoms with Crippen LogP contribution in [0.3, 0.4) is 0 Å². The van der Waals surface area contributed by atoms with Crippen LogP contribution in [0.4, 0.5) is 5.69 Å². The smallest absolute Gasteiger partial charge is 0.0593 e. The predicted molar refractivity (Wildman–Crippen MR) is 79.1 cm³/mol. The molecule has 106 valence electrons. The van der Waals surface area contributed by atoms with E-state index >= 15 is 0 Å². The molecule has 1 saturated heterocycles. The summed E-state index contributed by atoms with van der Waals surface area (Å²) in [6.45, 7) is 10.3. The first-order valence-electron chi connectivity index (χ1n) is 7.15. The van der Waals surface area contributed by atoms with Crippen LogP contribution in [0.1, 0.15) is 12.5 Å². The Morgan fingerprint density at radius 2 is 1.89 bits per heavy atom. The molecule has 1 aromatic rings. The van der Waals surface area contributed by atoms with E-state index < -0.39 is 0 Å². The van der Waals surface area contributed by atoms with Gasteiger partial charge in [-0.15, -0.1) is 0 Å². The highest BCUT2D eigenvalue weighted by Crippen LogP contribution is 2.11. The molecule has 0 atom stereocenters. The zero-order valence-electron chi connectivity index (χ0n) is 11.8. The number of rotatable bonds is 6. The van der Waals surface area contributed by atoms with Gasteiger partial charge in [0.1, 0.15) is 0 Å². The highest BCUT2D eigenvalue weighted by molar-refractivity contribution is 5.40. The normalized spacial score (nSPS) is 17.7. The number of anilines is 1. The predicted octanol–water partition coefficient (Wildman–Crippen LogP) is 1.42. The maximum Gasteiger partial charge on any atom is 0.0593 e. The molecule has 1 aromatic carbocycles. The molecule has 4 heteroatoms. The average Bonchev–Trinajstić information content (AvgIpc) is 2.41. The molecule has 1 heterocycles. The van der Waals surface area contributed by atoms with Gasteiger partial charge in [-0.3, -0.25) is 9.80 Å². The molecule has 1 fully saturated rings. The zero-order valence-corrected chi connectivity index (χ0v) is 11.8. The summed E-state index contributed by atoms with van der Waals surface area (Å²) in [7, 11) is 0. The molecule has 1 aliphatic rings. The Morgan fingerprint density at radius 3 is 2.58 bits per heavy atom. The summed E-state index contributed by atoms with van der Waals surface area (Å²) >= 11 is 0. The van der Waals surface area contributed by atoms with Crippen molar-refractivity contribution >= 4 is 5.69 Å². The highest BCUT2D eigenvalue weighted by Gasteiger charge is 2.16. The highest BCUT2D eigenvalue weighted by atomic mass is 16.5. The fraction of sp³-hybridized carbons (Fsp3) is 0.600. The molecule has 0 bridgehead atoms. The summed E-state index contributed by atoms with van der Waals surface area (Å²) in [4.78, 5) is 4.97. The molecular weight excluding hydrogens is 238 g/mol. The molecule has 19 heavy (non-hydrogen) atoms. The number of nitrogens with zero attached hydrogens (tertiary/aromatic N) is 2. The van der Waals surface area contributed by atoms with Gasteiger partial charge in [0.15, 0.2) is 0 Å². The Hall–Kier alpha value is -1.10. The Morgan fingerprint density at radius 1 is 1.16 bits per heavy atom. The van der Waals surface area contributed by atoms with Crippen molar-refractivity contribution in [1.82, 2.24) is 9.80 Å². The second-order valence-corrected chi connectivity index (χ2v) is 5.06. The van der Waals surface area contributed by atoms with E-state index in [0.29, 0.717) is 0 Å². The van der Waals surface area contributed by atoms with Crippen LogP contribution >= 0.6 is 0 Å². The van der Waals surface area contributed by atoms with E-state index in [0.717, 1.165) is 58.2 Å². The first kappa shape index (κ1) is 14.3. The van der Waals surface area contributed by atoms with Gasteiger partial charge in [0.25, 0.3) is 0 Å². The Bertz CT molecular complexity index is 375. The number of nitrogen functional groups attached to an aromatic ring is 1. The maximum absolute atomic E-state index is 5.81. The van der Waals surface area contributed by atoms with Crippen molar-refractivity contribution in [1.29, 1.82) is 0 Å². The largest absolute Gasteiger partial charge is 0.399 e. The fourth-order valence-corrected chi connectivity index (χ4v) is 2.46. The fourth-order valence-electron chi connectivity index (χ4n) is 2.46. The van der Waals surface area contributed by atoms with Crippen molar-refractivity contribution in [3.05, 3.63) is 29.8 Å². The molecule has 4 nitrogen and oxygen atoms in total. The number of ether oxygens (including phenoxy) is 1. The lowest BCUT2D eigenvalue weighted by molar-refractivity contribution is 0.0786. The van der Waals surface area contributed by atoms with Crippen LogP contribution in [0.25, 0.3) is 0 Å². The van der Waals surface area contributed by atoms with Crippen molar-refractivity contribution < 1.29 is 4.74 Å². The minimum absolute atomic E-state index is 0.815. The second-order valence-electron chi connectivity index (χ2n) is 5.06. The summed E-state index contributed by atoms with van der Waals surface area (Å²) in [5.41, 5.74) is 7.98.